The first-order valence-corrected chi connectivity index (χ1v) is 6.84. The lowest BCUT2D eigenvalue weighted by Gasteiger charge is -2.10. The summed E-state index contributed by atoms with van der Waals surface area (Å²) in [6, 6.07) is 10.5. The Morgan fingerprint density at radius 3 is 2.59 bits per heavy atom. The highest BCUT2D eigenvalue weighted by Gasteiger charge is 2.11. The average Bonchev–Trinajstić information content (AvgIpc) is 2.56. The lowest BCUT2D eigenvalue weighted by atomic mass is 10.2. The number of benzene rings is 1. The Morgan fingerprint density at radius 2 is 1.95 bits per heavy atom. The van der Waals surface area contributed by atoms with Gasteiger partial charge in [0, 0.05) is 6.42 Å². The molecule has 0 aliphatic heterocycles. The van der Waals surface area contributed by atoms with Gasteiger partial charge in [0.25, 0.3) is 0 Å². The summed E-state index contributed by atoms with van der Waals surface area (Å²) < 4.78 is 4.74. The van der Waals surface area contributed by atoms with Gasteiger partial charge < -0.3 is 15.4 Å². The van der Waals surface area contributed by atoms with E-state index >= 15 is 0 Å². The predicted molar refractivity (Wildman–Crippen MR) is 84.2 cm³/mol. The number of esters is 1. The van der Waals surface area contributed by atoms with E-state index in [0.29, 0.717) is 29.2 Å². The number of nitrogens with one attached hydrogen (secondary N) is 2. The molecule has 0 bridgehead atoms. The van der Waals surface area contributed by atoms with Crippen LogP contribution in [0.2, 0.25) is 0 Å². The monoisotopic (exact) mass is 299 g/mol. The first-order chi connectivity index (χ1) is 10.6. The van der Waals surface area contributed by atoms with Gasteiger partial charge in [-0.2, -0.15) is 0 Å². The number of hydrogen-bond acceptors (Lipinski definition) is 5. The zero-order valence-electron chi connectivity index (χ0n) is 12.4. The van der Waals surface area contributed by atoms with Crippen LogP contribution in [0, 0.1) is 0 Å². The van der Waals surface area contributed by atoms with Crippen LogP contribution < -0.4 is 10.6 Å². The smallest absolute Gasteiger partial charge is 0.339 e. The summed E-state index contributed by atoms with van der Waals surface area (Å²) in [4.78, 5) is 27.2. The van der Waals surface area contributed by atoms with E-state index < -0.39 is 5.97 Å². The second kappa shape index (κ2) is 7.21. The molecule has 0 atom stereocenters. The van der Waals surface area contributed by atoms with E-state index in [1.807, 2.05) is 6.07 Å². The Hall–Kier alpha value is -2.89. The molecule has 0 radical (unpaired) electrons. The van der Waals surface area contributed by atoms with Gasteiger partial charge in [-0.25, -0.2) is 9.78 Å². The third kappa shape index (κ3) is 3.82. The fourth-order valence-corrected chi connectivity index (χ4v) is 1.81. The van der Waals surface area contributed by atoms with E-state index in [2.05, 4.69) is 15.6 Å². The molecule has 22 heavy (non-hydrogen) atoms. The predicted octanol–water partition coefficient (Wildman–Crippen LogP) is 2.96. The maximum Gasteiger partial charge on any atom is 0.339 e. The number of ether oxygens (including phenoxy) is 1. The lowest BCUT2D eigenvalue weighted by molar-refractivity contribution is -0.115. The van der Waals surface area contributed by atoms with Gasteiger partial charge in [0.1, 0.15) is 5.82 Å². The van der Waals surface area contributed by atoms with Gasteiger partial charge in [0.15, 0.2) is 0 Å². The molecule has 2 rings (SSSR count). The molecule has 0 aliphatic carbocycles. The topological polar surface area (TPSA) is 80.3 Å². The summed E-state index contributed by atoms with van der Waals surface area (Å²) in [5.41, 5.74) is 1.65. The Balaban J connectivity index is 2.14. The highest BCUT2D eigenvalue weighted by atomic mass is 16.5. The zero-order chi connectivity index (χ0) is 15.9. The molecule has 0 saturated heterocycles. The molecule has 2 aromatic rings. The van der Waals surface area contributed by atoms with Crippen LogP contribution in [-0.2, 0) is 9.53 Å². The van der Waals surface area contributed by atoms with Crippen molar-refractivity contribution in [2.24, 2.45) is 0 Å². The van der Waals surface area contributed by atoms with Crippen molar-refractivity contribution in [1.82, 2.24) is 4.98 Å². The van der Waals surface area contributed by atoms with Crippen molar-refractivity contribution in [2.45, 2.75) is 13.3 Å². The molecular weight excluding hydrogens is 282 g/mol. The van der Waals surface area contributed by atoms with E-state index in [4.69, 9.17) is 4.74 Å². The van der Waals surface area contributed by atoms with Crippen LogP contribution in [0.5, 0.6) is 0 Å². The zero-order valence-corrected chi connectivity index (χ0v) is 12.4. The molecule has 0 spiro atoms. The molecule has 2 N–H and O–H groups in total. The van der Waals surface area contributed by atoms with Crippen LogP contribution in [0.15, 0.2) is 42.6 Å². The second-order valence-corrected chi connectivity index (χ2v) is 4.50. The molecule has 1 amide bonds. The minimum Gasteiger partial charge on any atom is -0.465 e. The number of carbonyl (C=O) groups excluding carboxylic acids is 2. The molecule has 0 unspecified atom stereocenters. The number of aromatic nitrogens is 1. The third-order valence-electron chi connectivity index (χ3n) is 2.96. The number of carbonyl (C=O) groups is 2. The lowest BCUT2D eigenvalue weighted by Crippen LogP contribution is -2.10. The third-order valence-corrected chi connectivity index (χ3v) is 2.96. The Morgan fingerprint density at radius 1 is 1.18 bits per heavy atom. The molecule has 1 aromatic carbocycles. The number of hydrogen-bond donors (Lipinski definition) is 2. The van der Waals surface area contributed by atoms with E-state index in [1.54, 1.807) is 43.5 Å². The number of methoxy groups -OCH3 is 1. The number of para-hydroxylation sites is 1. The number of anilines is 3. The molecule has 0 fully saturated rings. The van der Waals surface area contributed by atoms with Crippen LogP contribution in [0.3, 0.4) is 0 Å². The highest BCUT2D eigenvalue weighted by Crippen LogP contribution is 2.21. The summed E-state index contributed by atoms with van der Waals surface area (Å²) in [5.74, 6) is 0.0688. The molecule has 1 heterocycles. The Bertz CT molecular complexity index is 669. The van der Waals surface area contributed by atoms with E-state index in [9.17, 15) is 9.59 Å². The maximum atomic E-state index is 11.7. The van der Waals surface area contributed by atoms with E-state index in [-0.39, 0.29) is 5.91 Å². The summed E-state index contributed by atoms with van der Waals surface area (Å²) in [7, 11) is 1.34. The van der Waals surface area contributed by atoms with Crippen molar-refractivity contribution in [3.63, 3.8) is 0 Å². The number of nitrogens with zero attached hydrogens (tertiary/aromatic N) is 1. The minimum atomic E-state index is -0.421. The fourth-order valence-electron chi connectivity index (χ4n) is 1.81. The van der Waals surface area contributed by atoms with Crippen molar-refractivity contribution in [1.29, 1.82) is 0 Å². The highest BCUT2D eigenvalue weighted by molar-refractivity contribution is 5.96. The summed E-state index contributed by atoms with van der Waals surface area (Å²) in [6.07, 6.45) is 1.96. The van der Waals surface area contributed by atoms with Crippen molar-refractivity contribution < 1.29 is 14.3 Å². The Kier molecular flexibility index (Phi) is 5.08. The summed E-state index contributed by atoms with van der Waals surface area (Å²) in [5, 5.41) is 5.78. The number of amides is 1. The molecule has 6 nitrogen and oxygen atoms in total. The maximum absolute atomic E-state index is 11.7. The van der Waals surface area contributed by atoms with Crippen molar-refractivity contribution >= 4 is 29.1 Å². The van der Waals surface area contributed by atoms with Crippen LogP contribution in [0.4, 0.5) is 17.2 Å². The minimum absolute atomic E-state index is 0.0708. The van der Waals surface area contributed by atoms with Gasteiger partial charge in [-0.3, -0.25) is 4.79 Å². The van der Waals surface area contributed by atoms with Crippen LogP contribution in [0.25, 0.3) is 0 Å². The molecule has 0 aliphatic rings. The van der Waals surface area contributed by atoms with Crippen molar-refractivity contribution in [2.75, 3.05) is 17.7 Å². The van der Waals surface area contributed by atoms with E-state index in [1.165, 1.54) is 7.11 Å². The van der Waals surface area contributed by atoms with Gasteiger partial charge in [-0.05, 0) is 24.3 Å². The average molecular weight is 299 g/mol. The summed E-state index contributed by atoms with van der Waals surface area (Å²) >= 11 is 0. The normalized spacial score (nSPS) is 9.91. The molecule has 114 valence electrons. The van der Waals surface area contributed by atoms with Gasteiger partial charge in [-0.1, -0.05) is 19.1 Å². The molecule has 0 saturated carbocycles. The largest absolute Gasteiger partial charge is 0.465 e. The van der Waals surface area contributed by atoms with Crippen LogP contribution >= 0.6 is 0 Å². The van der Waals surface area contributed by atoms with Gasteiger partial charge in [-0.15, -0.1) is 0 Å². The Labute approximate surface area is 128 Å². The van der Waals surface area contributed by atoms with Crippen LogP contribution in [0.1, 0.15) is 23.7 Å². The van der Waals surface area contributed by atoms with Gasteiger partial charge >= 0.3 is 5.97 Å². The quantitative estimate of drug-likeness (QED) is 0.830. The van der Waals surface area contributed by atoms with E-state index in [0.717, 1.165) is 0 Å². The molecular formula is C16H17N3O3. The van der Waals surface area contributed by atoms with Gasteiger partial charge in [0.2, 0.25) is 5.91 Å². The van der Waals surface area contributed by atoms with Crippen LogP contribution in [-0.4, -0.2) is 24.0 Å². The van der Waals surface area contributed by atoms with Gasteiger partial charge in [0.05, 0.1) is 30.2 Å². The first kappa shape index (κ1) is 15.5. The van der Waals surface area contributed by atoms with Crippen molar-refractivity contribution in [3.05, 3.63) is 48.2 Å². The first-order valence-electron chi connectivity index (χ1n) is 6.84. The van der Waals surface area contributed by atoms with Crippen molar-refractivity contribution in [3.8, 4) is 0 Å². The number of pyridine rings is 1. The summed E-state index contributed by atoms with van der Waals surface area (Å²) in [6.45, 7) is 1.78. The second-order valence-electron chi connectivity index (χ2n) is 4.50. The molecule has 6 heteroatoms. The molecule has 1 aromatic heterocycles. The number of rotatable bonds is 5. The standard InChI is InChI=1S/C16H17N3O3/c1-3-15(20)18-11-8-9-14(17-10-11)19-13-7-5-4-6-12(13)16(21)22-2/h4-10H,3H2,1-2H3,(H,17,19)(H,18,20). The fraction of sp³-hybridized carbons (Fsp3) is 0.188. The SMILES string of the molecule is CCC(=O)Nc1ccc(Nc2ccccc2C(=O)OC)nc1.